The van der Waals surface area contributed by atoms with Crippen LogP contribution in [0.1, 0.15) is 24.5 Å². The summed E-state index contributed by atoms with van der Waals surface area (Å²) in [5.74, 6) is 1.08. The van der Waals surface area contributed by atoms with Gasteiger partial charge >= 0.3 is 0 Å². The van der Waals surface area contributed by atoms with Gasteiger partial charge in [0.15, 0.2) is 0 Å². The third kappa shape index (κ3) is 4.83. The molecule has 2 aromatic rings. The fourth-order valence-electron chi connectivity index (χ4n) is 3.19. The Morgan fingerprint density at radius 2 is 1.92 bits per heavy atom. The number of hydrogen-bond acceptors (Lipinski definition) is 3. The number of rotatable bonds is 7. The van der Waals surface area contributed by atoms with Crippen molar-refractivity contribution in [3.63, 3.8) is 0 Å². The molecule has 1 fully saturated rings. The minimum Gasteiger partial charge on any atom is -0.489 e. The third-order valence-corrected chi connectivity index (χ3v) is 4.75. The highest BCUT2D eigenvalue weighted by atomic mass is 16.5. The maximum atomic E-state index is 12.4. The Morgan fingerprint density at radius 3 is 2.68 bits per heavy atom. The molecular formula is C21H26N2O2. The average molecular weight is 338 g/mol. The molecule has 1 amide bonds. The predicted octanol–water partition coefficient (Wildman–Crippen LogP) is 3.22. The van der Waals surface area contributed by atoms with Gasteiger partial charge < -0.3 is 15.0 Å². The summed E-state index contributed by atoms with van der Waals surface area (Å²) in [5, 5.41) is 3.08. The van der Waals surface area contributed by atoms with Crippen LogP contribution in [0, 0.1) is 5.92 Å². The second kappa shape index (κ2) is 8.67. The molecule has 1 saturated heterocycles. The van der Waals surface area contributed by atoms with E-state index in [2.05, 4.69) is 17.1 Å². The molecule has 1 aliphatic heterocycles. The fraction of sp³-hybridized carbons (Fsp3) is 0.381. The van der Waals surface area contributed by atoms with Crippen LogP contribution in [0.4, 0.5) is 0 Å². The largest absolute Gasteiger partial charge is 0.489 e. The minimum absolute atomic E-state index is 0.109. The van der Waals surface area contributed by atoms with Gasteiger partial charge in [-0.25, -0.2) is 0 Å². The molecule has 1 aliphatic rings. The first-order chi connectivity index (χ1) is 12.3. The van der Waals surface area contributed by atoms with Crippen LogP contribution in [0.25, 0.3) is 0 Å². The van der Waals surface area contributed by atoms with Crippen LogP contribution in [0.2, 0.25) is 0 Å². The topological polar surface area (TPSA) is 41.6 Å². The van der Waals surface area contributed by atoms with E-state index in [1.807, 2.05) is 54.6 Å². The quantitative estimate of drug-likeness (QED) is 0.843. The molecule has 1 N–H and O–H groups in total. The number of carbonyl (C=O) groups excluding carboxylic acids is 1. The van der Waals surface area contributed by atoms with Gasteiger partial charge in [-0.3, -0.25) is 4.79 Å². The highest BCUT2D eigenvalue weighted by Gasteiger charge is 2.27. The number of amides is 1. The fourth-order valence-corrected chi connectivity index (χ4v) is 3.19. The molecule has 2 aromatic carbocycles. The van der Waals surface area contributed by atoms with Gasteiger partial charge in [0.25, 0.3) is 0 Å². The Hall–Kier alpha value is -2.33. The molecule has 0 spiro atoms. The average Bonchev–Trinajstić information content (AvgIpc) is 3.15. The van der Waals surface area contributed by atoms with Gasteiger partial charge in [-0.2, -0.15) is 0 Å². The Kier molecular flexibility index (Phi) is 6.07. The number of carbonyl (C=O) groups is 1. The third-order valence-electron chi connectivity index (χ3n) is 4.75. The maximum Gasteiger partial charge on any atom is 0.224 e. The van der Waals surface area contributed by atoms with Gasteiger partial charge in [0.1, 0.15) is 12.4 Å². The van der Waals surface area contributed by atoms with Gasteiger partial charge in [-0.1, -0.05) is 55.5 Å². The van der Waals surface area contributed by atoms with E-state index in [0.29, 0.717) is 13.2 Å². The molecule has 0 aromatic heterocycles. The summed E-state index contributed by atoms with van der Waals surface area (Å²) in [6.45, 7) is 6.08. The Balaban J connectivity index is 1.55. The molecule has 132 valence electrons. The van der Waals surface area contributed by atoms with Crippen LogP contribution >= 0.6 is 0 Å². The van der Waals surface area contributed by atoms with Gasteiger partial charge in [0.05, 0.1) is 5.92 Å². The summed E-state index contributed by atoms with van der Waals surface area (Å²) < 4.78 is 5.96. The van der Waals surface area contributed by atoms with Gasteiger partial charge in [0, 0.05) is 18.7 Å². The molecule has 0 saturated carbocycles. The van der Waals surface area contributed by atoms with Crippen molar-refractivity contribution in [3.8, 4) is 5.75 Å². The van der Waals surface area contributed by atoms with Crippen molar-refractivity contribution in [2.24, 2.45) is 5.92 Å². The first-order valence-electron chi connectivity index (χ1n) is 9.01. The highest BCUT2D eigenvalue weighted by molar-refractivity contribution is 5.79. The highest BCUT2D eigenvalue weighted by Crippen LogP contribution is 2.20. The summed E-state index contributed by atoms with van der Waals surface area (Å²) >= 11 is 0. The molecule has 0 bridgehead atoms. The van der Waals surface area contributed by atoms with E-state index in [9.17, 15) is 4.79 Å². The zero-order valence-electron chi connectivity index (χ0n) is 14.8. The van der Waals surface area contributed by atoms with Crippen molar-refractivity contribution < 1.29 is 9.53 Å². The second-order valence-corrected chi connectivity index (χ2v) is 6.48. The normalized spacial score (nSPS) is 17.4. The predicted molar refractivity (Wildman–Crippen MR) is 99.3 cm³/mol. The second-order valence-electron chi connectivity index (χ2n) is 6.48. The van der Waals surface area contributed by atoms with E-state index in [1.165, 1.54) is 0 Å². The number of ether oxygens (including phenoxy) is 1. The van der Waals surface area contributed by atoms with Gasteiger partial charge in [0.2, 0.25) is 5.91 Å². The maximum absolute atomic E-state index is 12.4. The van der Waals surface area contributed by atoms with Crippen molar-refractivity contribution >= 4 is 5.91 Å². The zero-order chi connectivity index (χ0) is 17.5. The molecule has 4 nitrogen and oxygen atoms in total. The molecule has 1 atom stereocenters. The Labute approximate surface area is 149 Å². The summed E-state index contributed by atoms with van der Waals surface area (Å²) in [4.78, 5) is 14.7. The van der Waals surface area contributed by atoms with Crippen LogP contribution in [-0.2, 0) is 17.9 Å². The first kappa shape index (κ1) is 17.5. The van der Waals surface area contributed by atoms with Crippen LogP contribution in [0.3, 0.4) is 0 Å². The van der Waals surface area contributed by atoms with E-state index in [0.717, 1.165) is 42.9 Å². The summed E-state index contributed by atoms with van der Waals surface area (Å²) in [6, 6.07) is 18.0. The van der Waals surface area contributed by atoms with E-state index < -0.39 is 0 Å². The smallest absolute Gasteiger partial charge is 0.224 e. The SMILES string of the molecule is CCN1CCC(C(=O)NCc2ccccc2OCc2ccccc2)C1. The molecule has 3 rings (SSSR count). The summed E-state index contributed by atoms with van der Waals surface area (Å²) in [6.07, 6.45) is 0.950. The van der Waals surface area contributed by atoms with Crippen molar-refractivity contribution in [2.45, 2.75) is 26.5 Å². The molecule has 0 aliphatic carbocycles. The van der Waals surface area contributed by atoms with Crippen molar-refractivity contribution in [1.82, 2.24) is 10.2 Å². The zero-order valence-corrected chi connectivity index (χ0v) is 14.8. The lowest BCUT2D eigenvalue weighted by atomic mass is 10.1. The monoisotopic (exact) mass is 338 g/mol. The van der Waals surface area contributed by atoms with Gasteiger partial charge in [-0.15, -0.1) is 0 Å². The Bertz CT molecular complexity index is 687. The standard InChI is InChI=1S/C21H26N2O2/c1-2-23-13-12-19(15-23)21(24)22-14-18-10-6-7-11-20(18)25-16-17-8-4-3-5-9-17/h3-11,19H,2,12-16H2,1H3,(H,22,24). The number of benzene rings is 2. The van der Waals surface area contributed by atoms with Crippen LogP contribution in [0.5, 0.6) is 5.75 Å². The molecule has 25 heavy (non-hydrogen) atoms. The lowest BCUT2D eigenvalue weighted by Crippen LogP contribution is -2.32. The van der Waals surface area contributed by atoms with E-state index in [1.54, 1.807) is 0 Å². The van der Waals surface area contributed by atoms with Crippen molar-refractivity contribution in [3.05, 3.63) is 65.7 Å². The number of nitrogens with zero attached hydrogens (tertiary/aromatic N) is 1. The van der Waals surface area contributed by atoms with Crippen LogP contribution in [0.15, 0.2) is 54.6 Å². The lowest BCUT2D eigenvalue weighted by Gasteiger charge is -2.15. The van der Waals surface area contributed by atoms with Crippen molar-refractivity contribution in [1.29, 1.82) is 0 Å². The number of hydrogen-bond donors (Lipinski definition) is 1. The summed E-state index contributed by atoms with van der Waals surface area (Å²) in [7, 11) is 0. The van der Waals surface area contributed by atoms with Crippen molar-refractivity contribution in [2.75, 3.05) is 19.6 Å². The molecule has 1 heterocycles. The van der Waals surface area contributed by atoms with Gasteiger partial charge in [-0.05, 0) is 31.1 Å². The van der Waals surface area contributed by atoms with E-state index in [-0.39, 0.29) is 11.8 Å². The molecule has 0 radical (unpaired) electrons. The molecular weight excluding hydrogens is 312 g/mol. The first-order valence-corrected chi connectivity index (χ1v) is 9.01. The van der Waals surface area contributed by atoms with E-state index >= 15 is 0 Å². The van der Waals surface area contributed by atoms with Crippen LogP contribution in [-0.4, -0.2) is 30.4 Å². The molecule has 1 unspecified atom stereocenters. The van der Waals surface area contributed by atoms with Crippen LogP contribution < -0.4 is 10.1 Å². The number of nitrogens with one attached hydrogen (secondary N) is 1. The lowest BCUT2D eigenvalue weighted by molar-refractivity contribution is -0.124. The minimum atomic E-state index is 0.109. The number of likely N-dealkylation sites (tertiary alicyclic amines) is 1. The summed E-state index contributed by atoms with van der Waals surface area (Å²) in [5.41, 5.74) is 2.14. The molecule has 4 heteroatoms. The van der Waals surface area contributed by atoms with E-state index in [4.69, 9.17) is 4.74 Å². The number of para-hydroxylation sites is 1. The Morgan fingerprint density at radius 1 is 1.16 bits per heavy atom.